The van der Waals surface area contributed by atoms with Gasteiger partial charge in [-0.3, -0.25) is 9.59 Å². The third kappa shape index (κ3) is 4.34. The molecule has 0 bridgehead atoms. The quantitative estimate of drug-likeness (QED) is 0.335. The Bertz CT molecular complexity index is 1210. The molecule has 1 fully saturated rings. The predicted octanol–water partition coefficient (Wildman–Crippen LogP) is 3.68. The molecule has 4 rings (SSSR count). The molecule has 0 saturated carbocycles. The van der Waals surface area contributed by atoms with Gasteiger partial charge in [0.2, 0.25) is 0 Å². The van der Waals surface area contributed by atoms with Gasteiger partial charge in [-0.1, -0.05) is 12.1 Å². The number of methoxy groups -OCH3 is 1. The van der Waals surface area contributed by atoms with Crippen molar-refractivity contribution in [1.29, 1.82) is 0 Å². The van der Waals surface area contributed by atoms with Gasteiger partial charge in [0.05, 0.1) is 30.6 Å². The maximum Gasteiger partial charge on any atom is 0.295 e. The summed E-state index contributed by atoms with van der Waals surface area (Å²) in [6.45, 7) is 0.749. The van der Waals surface area contributed by atoms with E-state index in [4.69, 9.17) is 4.74 Å². The van der Waals surface area contributed by atoms with Crippen LogP contribution in [0.15, 0.2) is 66.8 Å². The number of Topliss-reactive ketones (excluding diaryl/α,β-unsaturated/α-hetero) is 1. The highest BCUT2D eigenvalue weighted by Gasteiger charge is 2.46. The van der Waals surface area contributed by atoms with Crippen LogP contribution in [0.2, 0.25) is 0 Å². The molecule has 1 unspecified atom stereocenters. The molecule has 7 nitrogen and oxygen atoms in total. The number of likely N-dealkylation sites (tertiary alicyclic amines) is 1. The van der Waals surface area contributed by atoms with E-state index in [1.54, 1.807) is 18.7 Å². The van der Waals surface area contributed by atoms with Crippen molar-refractivity contribution in [2.45, 2.75) is 19.0 Å². The fourth-order valence-electron chi connectivity index (χ4n) is 3.96. The molecule has 1 saturated heterocycles. The number of imidazole rings is 1. The summed E-state index contributed by atoms with van der Waals surface area (Å²) < 4.78 is 34.6. The zero-order valence-electron chi connectivity index (χ0n) is 17.7. The second-order valence-corrected chi connectivity index (χ2v) is 7.54. The van der Waals surface area contributed by atoms with Gasteiger partial charge in [0.15, 0.2) is 0 Å². The smallest absolute Gasteiger partial charge is 0.295 e. The first-order valence-electron chi connectivity index (χ1n) is 10.2. The number of ketones is 1. The number of carbonyl (C=O) groups excluding carboxylic acids is 2. The van der Waals surface area contributed by atoms with Crippen LogP contribution in [0.1, 0.15) is 23.6 Å². The van der Waals surface area contributed by atoms with Crippen molar-refractivity contribution in [2.75, 3.05) is 13.7 Å². The summed E-state index contributed by atoms with van der Waals surface area (Å²) in [5.74, 6) is -3.26. The number of aliphatic hydroxyl groups excluding tert-OH is 1. The van der Waals surface area contributed by atoms with E-state index in [0.717, 1.165) is 12.1 Å². The summed E-state index contributed by atoms with van der Waals surface area (Å²) in [6, 6.07) is 7.85. The van der Waals surface area contributed by atoms with E-state index >= 15 is 0 Å². The number of amides is 1. The summed E-state index contributed by atoms with van der Waals surface area (Å²) in [7, 11) is 1.34. The lowest BCUT2D eigenvalue weighted by molar-refractivity contribution is -0.139. The molecule has 2 aromatic carbocycles. The lowest BCUT2D eigenvalue weighted by atomic mass is 9.95. The SMILES string of the molecule is COc1ccc(F)cc1C(O)=C1C(=O)C(=O)N(CCCn2ccnc2)C1c1ccc(F)cc1. The number of halogens is 2. The van der Waals surface area contributed by atoms with Crippen LogP contribution in [0.4, 0.5) is 8.78 Å². The van der Waals surface area contributed by atoms with E-state index in [-0.39, 0.29) is 23.4 Å². The van der Waals surface area contributed by atoms with E-state index < -0.39 is 35.1 Å². The Balaban J connectivity index is 1.78. The van der Waals surface area contributed by atoms with Gasteiger partial charge >= 0.3 is 0 Å². The summed E-state index contributed by atoms with van der Waals surface area (Å²) >= 11 is 0. The van der Waals surface area contributed by atoms with Gasteiger partial charge in [-0.15, -0.1) is 0 Å². The molecule has 0 radical (unpaired) electrons. The number of benzene rings is 2. The predicted molar refractivity (Wildman–Crippen MR) is 115 cm³/mol. The Morgan fingerprint density at radius 3 is 2.48 bits per heavy atom. The van der Waals surface area contributed by atoms with Crippen LogP contribution in [0.5, 0.6) is 5.75 Å². The maximum atomic E-state index is 13.9. The summed E-state index contributed by atoms with van der Waals surface area (Å²) in [6.07, 6.45) is 5.56. The van der Waals surface area contributed by atoms with Gasteiger partial charge < -0.3 is 19.3 Å². The summed E-state index contributed by atoms with van der Waals surface area (Å²) in [5.41, 5.74) is 0.175. The second-order valence-electron chi connectivity index (χ2n) is 7.54. The zero-order valence-corrected chi connectivity index (χ0v) is 17.7. The first kappa shape index (κ1) is 22.2. The van der Waals surface area contributed by atoms with Gasteiger partial charge in [-0.05, 0) is 42.3 Å². The molecule has 1 aliphatic heterocycles. The lowest BCUT2D eigenvalue weighted by Gasteiger charge is -2.25. The first-order valence-corrected chi connectivity index (χ1v) is 10.2. The third-order valence-electron chi connectivity index (χ3n) is 5.52. The summed E-state index contributed by atoms with van der Waals surface area (Å²) in [5, 5.41) is 11.1. The molecule has 1 amide bonds. The Morgan fingerprint density at radius 1 is 1.09 bits per heavy atom. The molecule has 170 valence electrons. The largest absolute Gasteiger partial charge is 0.507 e. The molecule has 0 aliphatic carbocycles. The minimum atomic E-state index is -0.971. The third-order valence-corrected chi connectivity index (χ3v) is 5.52. The maximum absolute atomic E-state index is 13.9. The van der Waals surface area contributed by atoms with Gasteiger partial charge in [-0.2, -0.15) is 0 Å². The molecular formula is C24H21F2N3O4. The van der Waals surface area contributed by atoms with E-state index in [2.05, 4.69) is 4.98 Å². The fourth-order valence-corrected chi connectivity index (χ4v) is 3.96. The monoisotopic (exact) mass is 453 g/mol. The number of rotatable bonds is 7. The van der Waals surface area contributed by atoms with Crippen LogP contribution in [-0.4, -0.2) is 44.9 Å². The average Bonchev–Trinajstić information content (AvgIpc) is 3.41. The first-order chi connectivity index (χ1) is 15.9. The molecule has 1 aliphatic rings. The van der Waals surface area contributed by atoms with Gasteiger partial charge in [-0.25, -0.2) is 13.8 Å². The van der Waals surface area contributed by atoms with Crippen molar-refractivity contribution in [1.82, 2.24) is 14.5 Å². The van der Waals surface area contributed by atoms with E-state index in [1.165, 1.54) is 42.3 Å². The minimum Gasteiger partial charge on any atom is -0.507 e. The van der Waals surface area contributed by atoms with Crippen molar-refractivity contribution >= 4 is 17.4 Å². The summed E-state index contributed by atoms with van der Waals surface area (Å²) in [4.78, 5) is 31.3. The molecule has 1 aromatic heterocycles. The van der Waals surface area contributed by atoms with Crippen molar-refractivity contribution in [3.63, 3.8) is 0 Å². The average molecular weight is 453 g/mol. The van der Waals surface area contributed by atoms with Crippen molar-refractivity contribution in [3.05, 3.63) is 89.5 Å². The van der Waals surface area contributed by atoms with Gasteiger partial charge in [0.1, 0.15) is 23.1 Å². The number of carbonyl (C=O) groups is 2. The topological polar surface area (TPSA) is 84.7 Å². The van der Waals surface area contributed by atoms with E-state index in [0.29, 0.717) is 18.5 Å². The Morgan fingerprint density at radius 2 is 1.82 bits per heavy atom. The molecule has 1 N–H and O–H groups in total. The van der Waals surface area contributed by atoms with Crippen LogP contribution < -0.4 is 4.74 Å². The highest BCUT2D eigenvalue weighted by atomic mass is 19.1. The fraction of sp³-hybridized carbons (Fsp3) is 0.208. The minimum absolute atomic E-state index is 0.0546. The molecule has 2 heterocycles. The van der Waals surface area contributed by atoms with Crippen LogP contribution in [0, 0.1) is 11.6 Å². The van der Waals surface area contributed by atoms with Crippen LogP contribution >= 0.6 is 0 Å². The highest BCUT2D eigenvalue weighted by molar-refractivity contribution is 6.46. The number of hydrogen-bond acceptors (Lipinski definition) is 5. The molecule has 0 spiro atoms. The number of hydrogen-bond donors (Lipinski definition) is 1. The number of nitrogens with zero attached hydrogens (tertiary/aromatic N) is 3. The molecule has 3 aromatic rings. The molecular weight excluding hydrogens is 432 g/mol. The number of aromatic nitrogens is 2. The van der Waals surface area contributed by atoms with Crippen molar-refractivity contribution in [2.24, 2.45) is 0 Å². The second kappa shape index (κ2) is 9.23. The number of aryl methyl sites for hydroxylation is 1. The molecule has 1 atom stereocenters. The van der Waals surface area contributed by atoms with Crippen LogP contribution in [0.3, 0.4) is 0 Å². The Hall–Kier alpha value is -4.01. The number of aliphatic hydroxyl groups is 1. The highest BCUT2D eigenvalue weighted by Crippen LogP contribution is 2.41. The molecule has 33 heavy (non-hydrogen) atoms. The van der Waals surface area contributed by atoms with E-state index in [1.807, 2.05) is 4.57 Å². The molecule has 9 heteroatoms. The number of ether oxygens (including phenoxy) is 1. The van der Waals surface area contributed by atoms with E-state index in [9.17, 15) is 23.5 Å². The van der Waals surface area contributed by atoms with Gasteiger partial charge in [0.25, 0.3) is 11.7 Å². The zero-order chi connectivity index (χ0) is 23.5. The van der Waals surface area contributed by atoms with Gasteiger partial charge in [0, 0.05) is 25.5 Å². The standard InChI is InChI=1S/C24H21F2N3O4/c1-33-19-8-7-17(26)13-18(19)22(30)20-21(15-3-5-16(25)6-4-15)29(24(32)23(20)31)11-2-10-28-12-9-27-14-28/h3-9,12-14,21,30H,2,10-11H2,1H3. The van der Waals surface area contributed by atoms with Crippen LogP contribution in [0.25, 0.3) is 5.76 Å². The Kier molecular flexibility index (Phi) is 6.21. The van der Waals surface area contributed by atoms with Crippen molar-refractivity contribution in [3.8, 4) is 5.75 Å². The van der Waals surface area contributed by atoms with Crippen molar-refractivity contribution < 1.29 is 28.2 Å². The van der Waals surface area contributed by atoms with Crippen LogP contribution in [-0.2, 0) is 16.1 Å². The Labute approximate surface area is 188 Å². The normalized spacial score (nSPS) is 17.5. The lowest BCUT2D eigenvalue weighted by Crippen LogP contribution is -2.31.